The van der Waals surface area contributed by atoms with E-state index in [1.165, 1.54) is 61.8 Å². The van der Waals surface area contributed by atoms with E-state index in [1.807, 2.05) is 9.80 Å². The molecule has 2 aliphatic rings. The minimum absolute atomic E-state index is 0.0581. The first-order chi connectivity index (χ1) is 40.3. The van der Waals surface area contributed by atoms with E-state index in [0.717, 1.165) is 16.5 Å². The van der Waals surface area contributed by atoms with Crippen LogP contribution in [0.25, 0.3) is 0 Å². The largest absolute Gasteiger partial charge is 0.479 e. The number of urea groups is 1. The lowest BCUT2D eigenvalue weighted by Crippen LogP contribution is -2.51. The van der Waals surface area contributed by atoms with Crippen LogP contribution in [0.5, 0.6) is 11.8 Å². The molecule has 0 unspecified atom stereocenters. The lowest BCUT2D eigenvalue weighted by molar-refractivity contribution is -0.138. The van der Waals surface area contributed by atoms with Crippen LogP contribution in [0.3, 0.4) is 0 Å². The Morgan fingerprint density at radius 2 is 0.976 bits per heavy atom. The third kappa shape index (κ3) is 16.4. The topological polar surface area (TPSA) is 273 Å². The van der Waals surface area contributed by atoms with E-state index < -0.39 is 57.1 Å². The standard InChI is InChI=1S/C27H30F3N9O3.C26H30F3N9O4S/c1-5-22(40)32-17-7-6-8-18(15-17)33-23-19(27(28,29)30)16-31-25(36-23)34-20-9-10-21(35-24(20)42-4)38-11-13-39(14-12-38)26(41)37(2)3;1-5-22(39)31-17-7-6-8-18(15-17)32-23-19(26(27,28)29)16-30-25(35-23)33-20-9-10-21(34-24(20)42-4)37-11-13-38(14-12-37)43(40,41)36(2)3/h5-10,15-16H,1,11-14H2,2-4H3,(H,32,40)(H2,31,33,34,36);5-10,15-16H,1,11-14H2,2-4H3,(H,31,39)(H2,30,32,33,35). The summed E-state index contributed by atoms with van der Waals surface area (Å²) in [5.74, 6) is -0.800. The molecule has 0 spiro atoms. The SMILES string of the molecule is C=CC(=O)Nc1cccc(Nc2nc(Nc3ccc(N4CCN(C(=O)N(C)C)CC4)nc3OC)ncc2C(F)(F)F)c1.C=CC(=O)Nc1cccc(Nc2nc(Nc3ccc(N4CCN(S(=O)(=O)N(C)C)CC4)nc3OC)ncc2C(F)(F)F)c1. The molecule has 452 valence electrons. The summed E-state index contributed by atoms with van der Waals surface area (Å²) in [6.45, 7) is 10.3. The van der Waals surface area contributed by atoms with E-state index >= 15 is 0 Å². The predicted molar refractivity (Wildman–Crippen MR) is 309 cm³/mol. The number of hydrogen-bond donors (Lipinski definition) is 6. The molecule has 25 nitrogen and oxygen atoms in total. The average molecular weight is 1210 g/mol. The van der Waals surface area contributed by atoms with Crippen LogP contribution in [-0.2, 0) is 32.2 Å². The zero-order valence-corrected chi connectivity index (χ0v) is 47.5. The van der Waals surface area contributed by atoms with Crippen LogP contribution in [0.2, 0.25) is 0 Å². The third-order valence-electron chi connectivity index (χ3n) is 12.5. The number of nitrogens with zero attached hydrogens (tertiary/aromatic N) is 12. The van der Waals surface area contributed by atoms with E-state index in [1.54, 1.807) is 67.5 Å². The number of benzene rings is 2. The van der Waals surface area contributed by atoms with Gasteiger partial charge in [-0.25, -0.2) is 14.8 Å². The molecular weight excluding hydrogens is 1150 g/mol. The van der Waals surface area contributed by atoms with Crippen molar-refractivity contribution in [3.05, 3.63) is 122 Å². The Kier molecular flexibility index (Phi) is 20.2. The Morgan fingerprint density at radius 1 is 0.576 bits per heavy atom. The Balaban J connectivity index is 0.000000244. The summed E-state index contributed by atoms with van der Waals surface area (Å²) in [4.78, 5) is 67.5. The Morgan fingerprint density at radius 3 is 1.34 bits per heavy atom. The first-order valence-electron chi connectivity index (χ1n) is 25.6. The van der Waals surface area contributed by atoms with Crippen molar-refractivity contribution in [1.29, 1.82) is 0 Å². The molecule has 0 atom stereocenters. The van der Waals surface area contributed by atoms with Gasteiger partial charge in [0.1, 0.15) is 45.8 Å². The summed E-state index contributed by atoms with van der Waals surface area (Å²) in [5.41, 5.74) is -0.375. The highest BCUT2D eigenvalue weighted by atomic mass is 32.2. The molecule has 85 heavy (non-hydrogen) atoms. The number of aromatic nitrogens is 6. The second kappa shape index (κ2) is 27.2. The average Bonchev–Trinajstić information content (AvgIpc) is 3.31. The van der Waals surface area contributed by atoms with Gasteiger partial charge in [0, 0.05) is 116 Å². The molecule has 32 heteroatoms. The maximum atomic E-state index is 13.8. The molecule has 6 aromatic rings. The fraction of sp³-hybridized carbons (Fsp3) is 0.302. The Hall–Kier alpha value is -9.56. The first kappa shape index (κ1) is 63.0. The van der Waals surface area contributed by atoms with Gasteiger partial charge in [-0.3, -0.25) is 9.59 Å². The van der Waals surface area contributed by atoms with Gasteiger partial charge in [0.05, 0.1) is 14.2 Å². The van der Waals surface area contributed by atoms with Crippen LogP contribution in [0.4, 0.5) is 100 Å². The second-order valence-electron chi connectivity index (χ2n) is 18.7. The molecule has 0 aliphatic carbocycles. The van der Waals surface area contributed by atoms with Crippen molar-refractivity contribution in [2.75, 3.05) is 136 Å². The molecule has 2 aromatic carbocycles. The maximum Gasteiger partial charge on any atom is 0.421 e. The van der Waals surface area contributed by atoms with Crippen LogP contribution in [0, 0.1) is 0 Å². The van der Waals surface area contributed by atoms with Crippen molar-refractivity contribution in [1.82, 2.24) is 48.3 Å². The lowest BCUT2D eigenvalue weighted by Gasteiger charge is -2.36. The molecule has 0 bridgehead atoms. The summed E-state index contributed by atoms with van der Waals surface area (Å²) >= 11 is 0. The van der Waals surface area contributed by atoms with Gasteiger partial charge in [-0.1, -0.05) is 25.3 Å². The van der Waals surface area contributed by atoms with Gasteiger partial charge in [-0.05, 0) is 72.8 Å². The first-order valence-corrected chi connectivity index (χ1v) is 27.0. The van der Waals surface area contributed by atoms with Crippen LogP contribution >= 0.6 is 0 Å². The minimum atomic E-state index is -4.76. The highest BCUT2D eigenvalue weighted by Gasteiger charge is 2.37. The number of piperazine rings is 2. The van der Waals surface area contributed by atoms with Crippen LogP contribution in [0.15, 0.2) is 111 Å². The fourth-order valence-electron chi connectivity index (χ4n) is 8.24. The summed E-state index contributed by atoms with van der Waals surface area (Å²) in [7, 11) is 5.64. The van der Waals surface area contributed by atoms with Gasteiger partial charge < -0.3 is 61.0 Å². The third-order valence-corrected chi connectivity index (χ3v) is 14.5. The van der Waals surface area contributed by atoms with Gasteiger partial charge in [-0.15, -0.1) is 0 Å². The van der Waals surface area contributed by atoms with Gasteiger partial charge in [0.25, 0.3) is 10.2 Å². The molecule has 6 heterocycles. The molecular formula is C53H60F6N18O7S. The number of methoxy groups -OCH3 is 2. The van der Waals surface area contributed by atoms with Crippen molar-refractivity contribution < 1.29 is 58.6 Å². The lowest BCUT2D eigenvalue weighted by atomic mass is 10.2. The molecule has 2 aliphatic heterocycles. The van der Waals surface area contributed by atoms with Crippen molar-refractivity contribution in [3.63, 3.8) is 0 Å². The predicted octanol–water partition coefficient (Wildman–Crippen LogP) is 7.75. The highest BCUT2D eigenvalue weighted by Crippen LogP contribution is 2.39. The Labute approximate surface area is 485 Å². The number of rotatable bonds is 18. The molecule has 4 amide bonds. The van der Waals surface area contributed by atoms with Gasteiger partial charge in [-0.2, -0.15) is 63.3 Å². The second-order valence-corrected chi connectivity index (χ2v) is 20.9. The molecule has 6 N–H and O–H groups in total. The van der Waals surface area contributed by atoms with Crippen molar-refractivity contribution in [2.45, 2.75) is 12.4 Å². The quantitative estimate of drug-likeness (QED) is 0.0354. The molecule has 0 saturated carbocycles. The number of halogens is 6. The summed E-state index contributed by atoms with van der Waals surface area (Å²) in [5, 5.41) is 16.1. The number of pyridine rings is 2. The summed E-state index contributed by atoms with van der Waals surface area (Å²) < 4.78 is 121. The molecule has 4 aromatic heterocycles. The molecule has 2 fully saturated rings. The summed E-state index contributed by atoms with van der Waals surface area (Å²) in [6.07, 6.45) is -6.03. The van der Waals surface area contributed by atoms with E-state index in [-0.39, 0.29) is 54.2 Å². The number of nitrogens with one attached hydrogen (secondary N) is 6. The number of ether oxygens (including phenoxy) is 2. The van der Waals surface area contributed by atoms with Gasteiger partial charge in [0.2, 0.25) is 35.5 Å². The zero-order valence-electron chi connectivity index (χ0n) is 46.7. The highest BCUT2D eigenvalue weighted by molar-refractivity contribution is 7.86. The number of carbonyl (C=O) groups excluding carboxylic acids is 3. The summed E-state index contributed by atoms with van der Waals surface area (Å²) in [6, 6.07) is 18.8. The number of alkyl halides is 6. The molecule has 8 rings (SSSR count). The van der Waals surface area contributed by atoms with E-state index in [0.29, 0.717) is 86.0 Å². The number of hydrogen-bond acceptors (Lipinski definition) is 19. The fourth-order valence-corrected chi connectivity index (χ4v) is 9.33. The zero-order chi connectivity index (χ0) is 61.8. The van der Waals surface area contributed by atoms with Gasteiger partial charge >= 0.3 is 18.4 Å². The van der Waals surface area contributed by atoms with E-state index in [2.05, 4.69) is 75.0 Å². The normalized spacial score (nSPS) is 13.8. The maximum absolute atomic E-state index is 13.8. The monoisotopic (exact) mass is 1210 g/mol. The molecule has 0 radical (unpaired) electrons. The Bertz CT molecular complexity index is 3510. The van der Waals surface area contributed by atoms with Crippen molar-refractivity contribution in [3.8, 4) is 11.8 Å². The minimum Gasteiger partial charge on any atom is -0.479 e. The van der Waals surface area contributed by atoms with Crippen molar-refractivity contribution >= 4 is 97.3 Å². The van der Waals surface area contributed by atoms with Crippen LogP contribution in [-0.4, -0.2) is 169 Å². The smallest absolute Gasteiger partial charge is 0.421 e. The van der Waals surface area contributed by atoms with Gasteiger partial charge in [0.15, 0.2) is 0 Å². The van der Waals surface area contributed by atoms with Crippen LogP contribution in [0.1, 0.15) is 11.1 Å². The van der Waals surface area contributed by atoms with Crippen molar-refractivity contribution in [2.24, 2.45) is 0 Å². The number of carbonyl (C=O) groups is 3. The van der Waals surface area contributed by atoms with E-state index in [9.17, 15) is 49.1 Å². The molecule has 2 saturated heterocycles. The van der Waals surface area contributed by atoms with Crippen LogP contribution < -0.4 is 51.2 Å². The number of amides is 4. The van der Waals surface area contributed by atoms with E-state index in [4.69, 9.17) is 9.47 Å². The number of anilines is 12.